The van der Waals surface area contributed by atoms with E-state index in [0.717, 1.165) is 12.8 Å². The standard InChI is InChI=1S/C13H17FN2O/c1-2-13(12(15)17,9-7-8-9)16-11-6-4-3-5-10(11)14/h3-6,9,16H,2,7-8H2,1H3,(H2,15,17). The molecule has 3 N–H and O–H groups in total. The summed E-state index contributed by atoms with van der Waals surface area (Å²) in [6, 6.07) is 6.36. The van der Waals surface area contributed by atoms with Crippen molar-refractivity contribution < 1.29 is 9.18 Å². The molecule has 1 fully saturated rings. The van der Waals surface area contributed by atoms with Crippen molar-refractivity contribution in [2.24, 2.45) is 11.7 Å². The number of amides is 1. The van der Waals surface area contributed by atoms with Gasteiger partial charge < -0.3 is 11.1 Å². The van der Waals surface area contributed by atoms with Gasteiger partial charge in [0.25, 0.3) is 0 Å². The molecule has 1 saturated carbocycles. The average Bonchev–Trinajstić information content (AvgIpc) is 3.12. The molecule has 2 rings (SSSR count). The number of carbonyl (C=O) groups is 1. The summed E-state index contributed by atoms with van der Waals surface area (Å²) in [6.07, 6.45) is 2.51. The Hall–Kier alpha value is -1.58. The smallest absolute Gasteiger partial charge is 0.243 e. The van der Waals surface area contributed by atoms with Crippen LogP contribution in [0, 0.1) is 11.7 Å². The number of rotatable bonds is 5. The molecule has 1 aromatic rings. The summed E-state index contributed by atoms with van der Waals surface area (Å²) in [7, 11) is 0. The monoisotopic (exact) mass is 236 g/mol. The fourth-order valence-corrected chi connectivity index (χ4v) is 2.30. The van der Waals surface area contributed by atoms with Crippen LogP contribution in [-0.2, 0) is 4.79 Å². The van der Waals surface area contributed by atoms with E-state index in [9.17, 15) is 9.18 Å². The third kappa shape index (κ3) is 2.12. The highest BCUT2D eigenvalue weighted by Crippen LogP contribution is 2.43. The van der Waals surface area contributed by atoms with Gasteiger partial charge in [-0.15, -0.1) is 0 Å². The molecule has 1 unspecified atom stereocenters. The Morgan fingerprint density at radius 3 is 2.65 bits per heavy atom. The summed E-state index contributed by atoms with van der Waals surface area (Å²) in [4.78, 5) is 11.7. The lowest BCUT2D eigenvalue weighted by Gasteiger charge is -2.32. The van der Waals surface area contributed by atoms with Crippen molar-refractivity contribution >= 4 is 11.6 Å². The molecular formula is C13H17FN2O. The van der Waals surface area contributed by atoms with Crippen molar-refractivity contribution in [3.63, 3.8) is 0 Å². The molecule has 1 aliphatic rings. The highest BCUT2D eigenvalue weighted by atomic mass is 19.1. The number of nitrogens with one attached hydrogen (secondary N) is 1. The van der Waals surface area contributed by atoms with Crippen LogP contribution in [0.3, 0.4) is 0 Å². The van der Waals surface area contributed by atoms with Crippen molar-refractivity contribution in [2.45, 2.75) is 31.7 Å². The fourth-order valence-electron chi connectivity index (χ4n) is 2.30. The first-order chi connectivity index (χ1) is 8.10. The molecule has 0 heterocycles. The zero-order valence-corrected chi connectivity index (χ0v) is 9.87. The van der Waals surface area contributed by atoms with Gasteiger partial charge in [-0.05, 0) is 37.3 Å². The predicted octanol–water partition coefficient (Wildman–Crippen LogP) is 2.28. The summed E-state index contributed by atoms with van der Waals surface area (Å²) >= 11 is 0. The molecule has 3 nitrogen and oxygen atoms in total. The third-order valence-electron chi connectivity index (χ3n) is 3.50. The Balaban J connectivity index is 2.30. The molecule has 17 heavy (non-hydrogen) atoms. The molecule has 0 saturated heterocycles. The van der Waals surface area contributed by atoms with Gasteiger partial charge in [0.05, 0.1) is 5.69 Å². The fraction of sp³-hybridized carbons (Fsp3) is 0.462. The molecule has 92 valence electrons. The maximum atomic E-state index is 13.6. The number of halogens is 1. The second kappa shape index (κ2) is 4.35. The number of primary amides is 1. The molecule has 0 bridgehead atoms. The lowest BCUT2D eigenvalue weighted by Crippen LogP contribution is -2.52. The number of para-hydroxylation sites is 1. The van der Waals surface area contributed by atoms with Gasteiger partial charge in [0.2, 0.25) is 5.91 Å². The van der Waals surface area contributed by atoms with Gasteiger partial charge in [-0.3, -0.25) is 4.79 Å². The lowest BCUT2D eigenvalue weighted by molar-refractivity contribution is -0.123. The van der Waals surface area contributed by atoms with Crippen LogP contribution in [0.2, 0.25) is 0 Å². The zero-order valence-electron chi connectivity index (χ0n) is 9.87. The zero-order chi connectivity index (χ0) is 12.5. The number of nitrogens with two attached hydrogens (primary N) is 1. The van der Waals surface area contributed by atoms with Gasteiger partial charge in [0.1, 0.15) is 11.4 Å². The first-order valence-corrected chi connectivity index (χ1v) is 5.92. The molecule has 0 aliphatic heterocycles. The number of benzene rings is 1. The van der Waals surface area contributed by atoms with Crippen LogP contribution in [0.25, 0.3) is 0 Å². The quantitative estimate of drug-likeness (QED) is 0.824. The highest BCUT2D eigenvalue weighted by Gasteiger charge is 2.48. The third-order valence-corrected chi connectivity index (χ3v) is 3.50. The molecule has 1 atom stereocenters. The summed E-state index contributed by atoms with van der Waals surface area (Å²) in [5, 5.41) is 3.02. The molecule has 0 aromatic heterocycles. The molecule has 1 amide bonds. The molecule has 1 aliphatic carbocycles. The number of anilines is 1. The van der Waals surface area contributed by atoms with Crippen LogP contribution in [0.15, 0.2) is 24.3 Å². The molecule has 0 radical (unpaired) electrons. The topological polar surface area (TPSA) is 55.1 Å². The van der Waals surface area contributed by atoms with Crippen molar-refractivity contribution in [1.82, 2.24) is 0 Å². The first kappa shape index (κ1) is 11.9. The van der Waals surface area contributed by atoms with Crippen LogP contribution in [-0.4, -0.2) is 11.4 Å². The Morgan fingerprint density at radius 2 is 2.18 bits per heavy atom. The molecular weight excluding hydrogens is 219 g/mol. The Morgan fingerprint density at radius 1 is 1.53 bits per heavy atom. The van der Waals surface area contributed by atoms with E-state index in [0.29, 0.717) is 12.1 Å². The minimum atomic E-state index is -0.803. The summed E-state index contributed by atoms with van der Waals surface area (Å²) in [6.45, 7) is 1.90. The van der Waals surface area contributed by atoms with E-state index in [1.165, 1.54) is 6.07 Å². The van der Waals surface area contributed by atoms with Crippen LogP contribution in [0.4, 0.5) is 10.1 Å². The van der Waals surface area contributed by atoms with E-state index in [-0.39, 0.29) is 11.7 Å². The number of hydrogen-bond acceptors (Lipinski definition) is 2. The Bertz CT molecular complexity index is 431. The number of carbonyl (C=O) groups excluding carboxylic acids is 1. The second-order valence-electron chi connectivity index (χ2n) is 4.57. The van der Waals surface area contributed by atoms with Crippen molar-refractivity contribution in [3.05, 3.63) is 30.1 Å². The van der Waals surface area contributed by atoms with Crippen LogP contribution < -0.4 is 11.1 Å². The van der Waals surface area contributed by atoms with Crippen LogP contribution in [0.5, 0.6) is 0 Å². The second-order valence-corrected chi connectivity index (χ2v) is 4.57. The van der Waals surface area contributed by atoms with Crippen molar-refractivity contribution in [2.75, 3.05) is 5.32 Å². The minimum Gasteiger partial charge on any atom is -0.369 e. The van der Waals surface area contributed by atoms with Gasteiger partial charge in [-0.2, -0.15) is 0 Å². The maximum Gasteiger partial charge on any atom is 0.243 e. The van der Waals surface area contributed by atoms with E-state index in [4.69, 9.17) is 5.73 Å². The van der Waals surface area contributed by atoms with E-state index < -0.39 is 11.4 Å². The minimum absolute atomic E-state index is 0.226. The SMILES string of the molecule is CCC(Nc1ccccc1F)(C(N)=O)C1CC1. The van der Waals surface area contributed by atoms with Gasteiger partial charge in [0.15, 0.2) is 0 Å². The first-order valence-electron chi connectivity index (χ1n) is 5.92. The molecule has 1 aromatic carbocycles. The lowest BCUT2D eigenvalue weighted by atomic mass is 9.88. The van der Waals surface area contributed by atoms with E-state index in [2.05, 4.69) is 5.32 Å². The number of hydrogen-bond donors (Lipinski definition) is 2. The van der Waals surface area contributed by atoms with Crippen LogP contribution in [0.1, 0.15) is 26.2 Å². The van der Waals surface area contributed by atoms with E-state index >= 15 is 0 Å². The van der Waals surface area contributed by atoms with Gasteiger partial charge >= 0.3 is 0 Å². The molecule has 4 heteroatoms. The average molecular weight is 236 g/mol. The summed E-state index contributed by atoms with van der Waals surface area (Å²) in [5.74, 6) is -0.525. The summed E-state index contributed by atoms with van der Waals surface area (Å²) in [5.41, 5.74) is 5.04. The maximum absolute atomic E-state index is 13.6. The summed E-state index contributed by atoms with van der Waals surface area (Å²) < 4.78 is 13.6. The molecule has 0 spiro atoms. The van der Waals surface area contributed by atoms with Gasteiger partial charge in [0, 0.05) is 0 Å². The van der Waals surface area contributed by atoms with Gasteiger partial charge in [-0.1, -0.05) is 19.1 Å². The van der Waals surface area contributed by atoms with Gasteiger partial charge in [-0.25, -0.2) is 4.39 Å². The highest BCUT2D eigenvalue weighted by molar-refractivity contribution is 5.88. The Labute approximate surface area is 100 Å². The van der Waals surface area contributed by atoms with Crippen molar-refractivity contribution in [3.8, 4) is 0 Å². The largest absolute Gasteiger partial charge is 0.369 e. The van der Waals surface area contributed by atoms with Crippen LogP contribution >= 0.6 is 0 Å². The Kier molecular flexibility index (Phi) is 3.05. The predicted molar refractivity (Wildman–Crippen MR) is 65.0 cm³/mol. The normalized spacial score (nSPS) is 18.5. The van der Waals surface area contributed by atoms with E-state index in [1.54, 1.807) is 18.2 Å². The van der Waals surface area contributed by atoms with Crippen molar-refractivity contribution in [1.29, 1.82) is 0 Å². The van der Waals surface area contributed by atoms with E-state index in [1.807, 2.05) is 6.92 Å².